The Hall–Kier alpha value is -0.370. The summed E-state index contributed by atoms with van der Waals surface area (Å²) in [5, 5.41) is 3.43. The molecule has 0 aromatic rings. The minimum absolute atomic E-state index is 0.158. The van der Waals surface area contributed by atoms with Gasteiger partial charge in [-0.2, -0.15) is 0 Å². The van der Waals surface area contributed by atoms with Crippen molar-refractivity contribution in [2.75, 3.05) is 7.05 Å². The fraction of sp³-hybridized carbons (Fsp3) is 0.923. The summed E-state index contributed by atoms with van der Waals surface area (Å²) in [7, 11) is 2.03. The lowest BCUT2D eigenvalue weighted by molar-refractivity contribution is -0.127. The van der Waals surface area contributed by atoms with Gasteiger partial charge in [0, 0.05) is 17.9 Å². The molecule has 2 nitrogen and oxygen atoms in total. The molecule has 0 saturated heterocycles. The molecule has 0 heterocycles. The van der Waals surface area contributed by atoms with Crippen molar-refractivity contribution in [3.63, 3.8) is 0 Å². The minimum atomic E-state index is 0.158. The number of hydrogen-bond acceptors (Lipinski definition) is 2. The van der Waals surface area contributed by atoms with Crippen LogP contribution in [0.3, 0.4) is 0 Å². The van der Waals surface area contributed by atoms with Crippen LogP contribution in [0.4, 0.5) is 0 Å². The standard InChI is InChI=1S/C13H23NO/c1-14-13(8-3-2-4-9-13)10-12(15)11-6-5-7-11/h11,14H,2-10H2,1H3. The number of ketones is 1. The zero-order valence-corrected chi connectivity index (χ0v) is 9.85. The van der Waals surface area contributed by atoms with Gasteiger partial charge in [-0.1, -0.05) is 25.7 Å². The lowest BCUT2D eigenvalue weighted by atomic mass is 9.73. The van der Waals surface area contributed by atoms with Crippen LogP contribution in [0.2, 0.25) is 0 Å². The summed E-state index contributed by atoms with van der Waals surface area (Å²) < 4.78 is 0. The Balaban J connectivity index is 1.90. The number of carbonyl (C=O) groups excluding carboxylic acids is 1. The van der Waals surface area contributed by atoms with Gasteiger partial charge in [0.2, 0.25) is 0 Å². The smallest absolute Gasteiger partial charge is 0.137 e. The molecule has 1 N–H and O–H groups in total. The quantitative estimate of drug-likeness (QED) is 0.771. The average Bonchev–Trinajstić information content (AvgIpc) is 2.16. The van der Waals surface area contributed by atoms with Crippen molar-refractivity contribution < 1.29 is 4.79 Å². The Bertz CT molecular complexity index is 227. The summed E-state index contributed by atoms with van der Waals surface area (Å²) in [6.45, 7) is 0. The van der Waals surface area contributed by atoms with Gasteiger partial charge in [-0.15, -0.1) is 0 Å². The normalized spacial score (nSPS) is 25.9. The fourth-order valence-electron chi connectivity index (χ4n) is 2.95. The molecule has 2 fully saturated rings. The van der Waals surface area contributed by atoms with Gasteiger partial charge in [-0.05, 0) is 32.7 Å². The molecule has 0 spiro atoms. The largest absolute Gasteiger partial charge is 0.314 e. The number of carbonyl (C=O) groups is 1. The average molecular weight is 209 g/mol. The van der Waals surface area contributed by atoms with E-state index in [0.29, 0.717) is 11.7 Å². The van der Waals surface area contributed by atoms with Crippen LogP contribution in [-0.4, -0.2) is 18.4 Å². The number of Topliss-reactive ketones (excluding diaryl/α,β-unsaturated/α-hetero) is 1. The second-order valence-corrected chi connectivity index (χ2v) is 5.36. The third-order valence-electron chi connectivity index (χ3n) is 4.41. The van der Waals surface area contributed by atoms with Crippen LogP contribution in [-0.2, 0) is 4.79 Å². The summed E-state index contributed by atoms with van der Waals surface area (Å²) >= 11 is 0. The summed E-state index contributed by atoms with van der Waals surface area (Å²) in [6, 6.07) is 0. The lowest BCUT2D eigenvalue weighted by Crippen LogP contribution is -2.47. The number of nitrogens with one attached hydrogen (secondary N) is 1. The van der Waals surface area contributed by atoms with Crippen LogP contribution < -0.4 is 5.32 Å². The van der Waals surface area contributed by atoms with Gasteiger partial charge in [0.1, 0.15) is 5.78 Å². The molecule has 0 bridgehead atoms. The van der Waals surface area contributed by atoms with Gasteiger partial charge in [-0.25, -0.2) is 0 Å². The van der Waals surface area contributed by atoms with E-state index in [1.807, 2.05) is 7.05 Å². The van der Waals surface area contributed by atoms with Crippen LogP contribution in [0.15, 0.2) is 0 Å². The maximum absolute atomic E-state index is 12.0. The minimum Gasteiger partial charge on any atom is -0.314 e. The highest BCUT2D eigenvalue weighted by molar-refractivity contribution is 5.82. The molecular formula is C13H23NO. The van der Waals surface area contributed by atoms with Gasteiger partial charge < -0.3 is 5.32 Å². The van der Waals surface area contributed by atoms with Crippen molar-refractivity contribution in [1.82, 2.24) is 5.32 Å². The van der Waals surface area contributed by atoms with E-state index in [9.17, 15) is 4.79 Å². The summed E-state index contributed by atoms with van der Waals surface area (Å²) in [5.41, 5.74) is 0.158. The fourth-order valence-corrected chi connectivity index (χ4v) is 2.95. The third-order valence-corrected chi connectivity index (χ3v) is 4.41. The van der Waals surface area contributed by atoms with Crippen molar-refractivity contribution in [2.24, 2.45) is 5.92 Å². The SMILES string of the molecule is CNC1(CC(=O)C2CCC2)CCCCC1. The van der Waals surface area contributed by atoms with Gasteiger partial charge >= 0.3 is 0 Å². The second kappa shape index (κ2) is 4.65. The van der Waals surface area contributed by atoms with Gasteiger partial charge in [-0.3, -0.25) is 4.79 Å². The Morgan fingerprint density at radius 1 is 1.20 bits per heavy atom. The van der Waals surface area contributed by atoms with E-state index in [2.05, 4.69) is 5.32 Å². The van der Waals surface area contributed by atoms with Crippen molar-refractivity contribution >= 4 is 5.78 Å². The zero-order chi connectivity index (χ0) is 10.7. The second-order valence-electron chi connectivity index (χ2n) is 5.36. The Morgan fingerprint density at radius 3 is 2.33 bits per heavy atom. The van der Waals surface area contributed by atoms with E-state index in [1.54, 1.807) is 0 Å². The molecule has 0 radical (unpaired) electrons. The predicted molar refractivity (Wildman–Crippen MR) is 61.8 cm³/mol. The van der Waals surface area contributed by atoms with Crippen molar-refractivity contribution in [1.29, 1.82) is 0 Å². The van der Waals surface area contributed by atoms with Crippen molar-refractivity contribution in [2.45, 2.75) is 63.3 Å². The highest BCUT2D eigenvalue weighted by Gasteiger charge is 2.36. The molecule has 0 aromatic heterocycles. The topological polar surface area (TPSA) is 29.1 Å². The number of rotatable bonds is 4. The third kappa shape index (κ3) is 2.41. The predicted octanol–water partition coefficient (Wildman–Crippen LogP) is 2.67. The first-order chi connectivity index (χ1) is 7.26. The molecular weight excluding hydrogens is 186 g/mol. The maximum atomic E-state index is 12.0. The van der Waals surface area contributed by atoms with Crippen molar-refractivity contribution in [3.05, 3.63) is 0 Å². The van der Waals surface area contributed by atoms with Crippen LogP contribution in [0.1, 0.15) is 57.8 Å². The highest BCUT2D eigenvalue weighted by Crippen LogP contribution is 2.35. The maximum Gasteiger partial charge on any atom is 0.137 e. The van der Waals surface area contributed by atoms with E-state index in [-0.39, 0.29) is 5.54 Å². The summed E-state index contributed by atoms with van der Waals surface area (Å²) in [4.78, 5) is 12.0. The molecule has 2 rings (SSSR count). The Labute approximate surface area is 92.8 Å². The lowest BCUT2D eigenvalue weighted by Gasteiger charge is -2.38. The molecule has 15 heavy (non-hydrogen) atoms. The first-order valence-corrected chi connectivity index (χ1v) is 6.47. The van der Waals surface area contributed by atoms with E-state index < -0.39 is 0 Å². The Morgan fingerprint density at radius 2 is 1.87 bits per heavy atom. The van der Waals surface area contributed by atoms with E-state index in [4.69, 9.17) is 0 Å². The molecule has 0 atom stereocenters. The highest BCUT2D eigenvalue weighted by atomic mass is 16.1. The first kappa shape index (κ1) is 11.1. The molecule has 0 unspecified atom stereocenters. The molecule has 2 saturated carbocycles. The summed E-state index contributed by atoms with van der Waals surface area (Å²) in [6.07, 6.45) is 10.7. The molecule has 86 valence electrons. The molecule has 2 aliphatic rings. The zero-order valence-electron chi connectivity index (χ0n) is 9.85. The molecule has 0 aliphatic heterocycles. The first-order valence-electron chi connectivity index (χ1n) is 6.47. The molecule has 0 amide bonds. The number of hydrogen-bond donors (Lipinski definition) is 1. The van der Waals surface area contributed by atoms with E-state index in [0.717, 1.165) is 19.3 Å². The van der Waals surface area contributed by atoms with E-state index >= 15 is 0 Å². The van der Waals surface area contributed by atoms with Crippen LogP contribution in [0, 0.1) is 5.92 Å². The molecule has 2 heteroatoms. The Kier molecular flexibility index (Phi) is 3.45. The molecule has 2 aliphatic carbocycles. The van der Waals surface area contributed by atoms with Crippen LogP contribution in [0.5, 0.6) is 0 Å². The van der Waals surface area contributed by atoms with Gasteiger partial charge in [0.15, 0.2) is 0 Å². The molecule has 0 aromatic carbocycles. The van der Waals surface area contributed by atoms with Gasteiger partial charge in [0.05, 0.1) is 0 Å². The monoisotopic (exact) mass is 209 g/mol. The van der Waals surface area contributed by atoms with Crippen molar-refractivity contribution in [3.8, 4) is 0 Å². The van der Waals surface area contributed by atoms with Crippen LogP contribution >= 0.6 is 0 Å². The van der Waals surface area contributed by atoms with Gasteiger partial charge in [0.25, 0.3) is 0 Å². The van der Waals surface area contributed by atoms with E-state index in [1.165, 1.54) is 38.5 Å². The summed E-state index contributed by atoms with van der Waals surface area (Å²) in [5.74, 6) is 0.939. The van der Waals surface area contributed by atoms with Crippen LogP contribution in [0.25, 0.3) is 0 Å².